The van der Waals surface area contributed by atoms with Gasteiger partial charge in [0.25, 0.3) is 0 Å². The van der Waals surface area contributed by atoms with Crippen molar-refractivity contribution in [1.82, 2.24) is 0 Å². The van der Waals surface area contributed by atoms with Crippen molar-refractivity contribution in [2.75, 3.05) is 6.61 Å². The van der Waals surface area contributed by atoms with E-state index in [1.165, 1.54) is 0 Å². The zero-order chi connectivity index (χ0) is 19.0. The Hall–Kier alpha value is -2.46. The number of ether oxygens (including phenoxy) is 2. The zero-order valence-corrected chi connectivity index (χ0v) is 15.6. The molecule has 142 valence electrons. The van der Waals surface area contributed by atoms with Crippen molar-refractivity contribution in [3.8, 4) is 0 Å². The van der Waals surface area contributed by atoms with Gasteiger partial charge in [-0.3, -0.25) is 0 Å². The Morgan fingerprint density at radius 2 is 1.21 bits per heavy atom. The van der Waals surface area contributed by atoms with Gasteiger partial charge in [-0.1, -0.05) is 91.0 Å². The minimum Gasteiger partial charge on any atom is -0.390 e. The highest BCUT2D eigenvalue weighted by molar-refractivity contribution is 5.47. The van der Waals surface area contributed by atoms with Crippen molar-refractivity contribution in [1.29, 1.82) is 0 Å². The quantitative estimate of drug-likeness (QED) is 0.522. The average molecular weight is 372 g/mol. The normalized spacial score (nSPS) is 26.0. The van der Waals surface area contributed by atoms with E-state index in [0.29, 0.717) is 6.61 Å². The van der Waals surface area contributed by atoms with E-state index < -0.39 is 5.60 Å². The SMILES string of the molecule is O[C@H]1C[C@H](COC(c2ccccc2)(c2ccccc2)c2ccccc2)[C@H]2O[C@H]21. The molecule has 0 bridgehead atoms. The molecule has 3 aromatic carbocycles. The van der Waals surface area contributed by atoms with E-state index >= 15 is 0 Å². The summed E-state index contributed by atoms with van der Waals surface area (Å²) in [6.45, 7) is 0.539. The minimum absolute atomic E-state index is 0.00757. The van der Waals surface area contributed by atoms with E-state index in [1.54, 1.807) is 0 Å². The lowest BCUT2D eigenvalue weighted by Crippen LogP contribution is -2.35. The molecule has 1 saturated carbocycles. The monoisotopic (exact) mass is 372 g/mol. The van der Waals surface area contributed by atoms with Crippen LogP contribution >= 0.6 is 0 Å². The first kappa shape index (κ1) is 17.6. The van der Waals surface area contributed by atoms with Crippen molar-refractivity contribution in [2.45, 2.75) is 30.3 Å². The number of benzene rings is 3. The fourth-order valence-corrected chi connectivity index (χ4v) is 4.57. The second kappa shape index (κ2) is 7.17. The molecule has 1 heterocycles. The maximum Gasteiger partial charge on any atom is 0.143 e. The smallest absolute Gasteiger partial charge is 0.143 e. The van der Waals surface area contributed by atoms with Crippen molar-refractivity contribution in [3.05, 3.63) is 108 Å². The molecule has 3 nitrogen and oxygen atoms in total. The molecule has 5 rings (SSSR count). The van der Waals surface area contributed by atoms with Crippen LogP contribution in [0.2, 0.25) is 0 Å². The number of aliphatic hydroxyl groups excluding tert-OH is 1. The Bertz CT molecular complexity index is 814. The number of hydrogen-bond donors (Lipinski definition) is 1. The Kier molecular flexibility index (Phi) is 4.52. The van der Waals surface area contributed by atoms with Crippen LogP contribution in [0.15, 0.2) is 91.0 Å². The van der Waals surface area contributed by atoms with E-state index in [4.69, 9.17) is 9.47 Å². The second-order valence-electron chi connectivity index (χ2n) is 7.72. The van der Waals surface area contributed by atoms with Gasteiger partial charge in [0.2, 0.25) is 0 Å². The minimum atomic E-state index is -0.707. The summed E-state index contributed by atoms with van der Waals surface area (Å²) < 4.78 is 12.5. The highest BCUT2D eigenvalue weighted by Gasteiger charge is 2.56. The van der Waals surface area contributed by atoms with Gasteiger partial charge in [-0.15, -0.1) is 0 Å². The molecule has 2 fully saturated rings. The van der Waals surface area contributed by atoms with Crippen LogP contribution in [-0.4, -0.2) is 30.0 Å². The second-order valence-corrected chi connectivity index (χ2v) is 7.72. The van der Waals surface area contributed by atoms with Gasteiger partial charge in [0.05, 0.1) is 18.8 Å². The first-order valence-corrected chi connectivity index (χ1v) is 9.93. The lowest BCUT2D eigenvalue weighted by Gasteiger charge is -2.37. The van der Waals surface area contributed by atoms with E-state index in [1.807, 2.05) is 18.2 Å². The molecule has 0 spiro atoms. The molecule has 1 N–H and O–H groups in total. The van der Waals surface area contributed by atoms with Crippen LogP contribution in [0.25, 0.3) is 0 Å². The lowest BCUT2D eigenvalue weighted by atomic mass is 9.80. The molecule has 3 aromatic rings. The molecular formula is C25H24O3. The van der Waals surface area contributed by atoms with Gasteiger partial charge in [-0.2, -0.15) is 0 Å². The van der Waals surface area contributed by atoms with E-state index in [0.717, 1.165) is 23.1 Å². The number of fused-ring (bicyclic) bond motifs is 1. The fourth-order valence-electron chi connectivity index (χ4n) is 4.57. The van der Waals surface area contributed by atoms with Gasteiger partial charge in [0.1, 0.15) is 11.7 Å². The standard InChI is InChI=1S/C25H24O3/c26-22-16-18(23-24(22)28-23)17-27-25(19-10-4-1-5-11-19,20-12-6-2-7-13-20)21-14-8-3-9-15-21/h1-15,18,22-24,26H,16-17H2/t18-,22+,23-,24+/m1/s1. The number of epoxide rings is 1. The molecule has 1 aliphatic carbocycles. The third-order valence-electron chi connectivity index (χ3n) is 6.00. The largest absolute Gasteiger partial charge is 0.390 e. The highest BCUT2D eigenvalue weighted by atomic mass is 16.6. The maximum absolute atomic E-state index is 10.1. The summed E-state index contributed by atoms with van der Waals surface area (Å²) >= 11 is 0. The number of aliphatic hydroxyl groups is 1. The fraction of sp³-hybridized carbons (Fsp3) is 0.280. The van der Waals surface area contributed by atoms with E-state index in [9.17, 15) is 5.11 Å². The van der Waals surface area contributed by atoms with Crippen LogP contribution in [0.5, 0.6) is 0 Å². The van der Waals surface area contributed by atoms with Gasteiger partial charge in [-0.25, -0.2) is 0 Å². The molecule has 1 aliphatic heterocycles. The molecular weight excluding hydrogens is 348 g/mol. The van der Waals surface area contributed by atoms with Crippen molar-refractivity contribution >= 4 is 0 Å². The Labute approximate surface area is 165 Å². The third kappa shape index (κ3) is 2.96. The molecule has 2 aliphatic rings. The van der Waals surface area contributed by atoms with Crippen LogP contribution in [0, 0.1) is 5.92 Å². The maximum atomic E-state index is 10.1. The molecule has 28 heavy (non-hydrogen) atoms. The predicted octanol–water partition coefficient (Wildman–Crippen LogP) is 4.14. The third-order valence-corrected chi connectivity index (χ3v) is 6.00. The Morgan fingerprint density at radius 1 is 0.750 bits per heavy atom. The van der Waals surface area contributed by atoms with Crippen LogP contribution in [0.4, 0.5) is 0 Å². The Morgan fingerprint density at radius 3 is 1.57 bits per heavy atom. The first-order chi connectivity index (χ1) is 13.8. The summed E-state index contributed by atoms with van der Waals surface area (Å²) in [7, 11) is 0. The summed E-state index contributed by atoms with van der Waals surface area (Å²) in [4.78, 5) is 0. The molecule has 3 heteroatoms. The van der Waals surface area contributed by atoms with Gasteiger partial charge in [0.15, 0.2) is 0 Å². The van der Waals surface area contributed by atoms with E-state index in [-0.39, 0.29) is 24.2 Å². The molecule has 0 radical (unpaired) electrons. The summed E-state index contributed by atoms with van der Waals surface area (Å²) in [6, 6.07) is 31.2. The van der Waals surface area contributed by atoms with Crippen LogP contribution in [-0.2, 0) is 15.1 Å². The predicted molar refractivity (Wildman–Crippen MR) is 108 cm³/mol. The van der Waals surface area contributed by atoms with Crippen LogP contribution in [0.1, 0.15) is 23.1 Å². The van der Waals surface area contributed by atoms with Crippen molar-refractivity contribution in [3.63, 3.8) is 0 Å². The van der Waals surface area contributed by atoms with E-state index in [2.05, 4.69) is 72.8 Å². The van der Waals surface area contributed by atoms with Gasteiger partial charge in [-0.05, 0) is 23.1 Å². The summed E-state index contributed by atoms with van der Waals surface area (Å²) in [5.74, 6) is 0.218. The lowest BCUT2D eigenvalue weighted by molar-refractivity contribution is -0.0227. The summed E-state index contributed by atoms with van der Waals surface area (Å²) in [6.07, 6.45) is 0.519. The molecule has 4 atom stereocenters. The molecule has 1 saturated heterocycles. The van der Waals surface area contributed by atoms with Gasteiger partial charge < -0.3 is 14.6 Å². The zero-order valence-electron chi connectivity index (χ0n) is 15.6. The van der Waals surface area contributed by atoms with Gasteiger partial charge >= 0.3 is 0 Å². The van der Waals surface area contributed by atoms with Crippen molar-refractivity contribution in [2.24, 2.45) is 5.92 Å². The molecule has 0 amide bonds. The summed E-state index contributed by atoms with van der Waals surface area (Å²) in [5, 5.41) is 10.1. The van der Waals surface area contributed by atoms with Crippen LogP contribution in [0.3, 0.4) is 0 Å². The summed E-state index contributed by atoms with van der Waals surface area (Å²) in [5.41, 5.74) is 2.58. The van der Waals surface area contributed by atoms with Gasteiger partial charge in [0, 0.05) is 5.92 Å². The molecule has 0 unspecified atom stereocenters. The number of rotatable bonds is 6. The van der Waals surface area contributed by atoms with Crippen molar-refractivity contribution < 1.29 is 14.6 Å². The first-order valence-electron chi connectivity index (χ1n) is 9.93. The highest BCUT2D eigenvalue weighted by Crippen LogP contribution is 2.46. The average Bonchev–Trinajstić information content (AvgIpc) is 3.51. The topological polar surface area (TPSA) is 42.0 Å². The van der Waals surface area contributed by atoms with Crippen LogP contribution < -0.4 is 0 Å². The number of hydrogen-bond acceptors (Lipinski definition) is 3. The molecule has 0 aromatic heterocycles. The Balaban J connectivity index is 1.60.